The van der Waals surface area contributed by atoms with Gasteiger partial charge in [0.1, 0.15) is 11.9 Å². The smallest absolute Gasteiger partial charge is 0.123 e. The van der Waals surface area contributed by atoms with Gasteiger partial charge in [-0.3, -0.25) is 0 Å². The Morgan fingerprint density at radius 2 is 1.40 bits per heavy atom. The first-order valence-corrected chi connectivity index (χ1v) is 7.52. The number of benzene rings is 1. The molecule has 20 heavy (non-hydrogen) atoms. The lowest BCUT2D eigenvalue weighted by Gasteiger charge is -2.28. The second kappa shape index (κ2) is 5.77. The summed E-state index contributed by atoms with van der Waals surface area (Å²) >= 11 is 0. The van der Waals surface area contributed by atoms with Crippen molar-refractivity contribution in [3.8, 4) is 5.75 Å². The van der Waals surface area contributed by atoms with Gasteiger partial charge in [0.25, 0.3) is 0 Å². The Morgan fingerprint density at radius 1 is 1.00 bits per heavy atom. The van der Waals surface area contributed by atoms with E-state index < -0.39 is 6.10 Å². The van der Waals surface area contributed by atoms with Crippen molar-refractivity contribution in [2.45, 2.75) is 78.2 Å². The second-order valence-corrected chi connectivity index (χ2v) is 7.74. The minimum Gasteiger partial charge on any atom is -0.507 e. The molecule has 1 atom stereocenters. The summed E-state index contributed by atoms with van der Waals surface area (Å²) in [7, 11) is 0. The lowest BCUT2D eigenvalue weighted by atomic mass is 9.77. The Bertz CT molecular complexity index is 426. The molecule has 113 valence electrons. The largest absolute Gasteiger partial charge is 0.507 e. The van der Waals surface area contributed by atoms with Crippen LogP contribution in [0, 0.1) is 0 Å². The number of aromatic hydroxyl groups is 1. The molecule has 1 rings (SSSR count). The van der Waals surface area contributed by atoms with E-state index in [1.165, 1.54) is 0 Å². The van der Waals surface area contributed by atoms with Crippen LogP contribution in [-0.4, -0.2) is 5.11 Å². The molecule has 1 aromatic carbocycles. The summed E-state index contributed by atoms with van der Waals surface area (Å²) in [6.45, 7) is 14.4. The molecule has 0 aromatic heterocycles. The first-order valence-electron chi connectivity index (χ1n) is 7.52. The molecule has 2 nitrogen and oxygen atoms in total. The van der Waals surface area contributed by atoms with E-state index in [2.05, 4.69) is 41.5 Å². The van der Waals surface area contributed by atoms with Gasteiger partial charge in [-0.25, -0.2) is 5.11 Å². The third-order valence-electron chi connectivity index (χ3n) is 3.67. The van der Waals surface area contributed by atoms with Gasteiger partial charge in [0.2, 0.25) is 0 Å². The zero-order chi connectivity index (χ0) is 15.7. The third-order valence-corrected chi connectivity index (χ3v) is 3.67. The molecular formula is C18H29O2. The monoisotopic (exact) mass is 277 g/mol. The SMILES string of the molecule is CCCC([O])c1cc(C(C)(C)C)c(O)c(C(C)(C)C)c1. The second-order valence-electron chi connectivity index (χ2n) is 7.74. The van der Waals surface area contributed by atoms with Crippen LogP contribution >= 0.6 is 0 Å². The zero-order valence-corrected chi connectivity index (χ0v) is 14.0. The molecule has 1 radical (unpaired) electrons. The number of phenols is 1. The van der Waals surface area contributed by atoms with E-state index in [-0.39, 0.29) is 10.8 Å². The number of hydrogen-bond acceptors (Lipinski definition) is 1. The molecule has 0 bridgehead atoms. The fourth-order valence-electron chi connectivity index (χ4n) is 2.41. The van der Waals surface area contributed by atoms with Crippen molar-refractivity contribution < 1.29 is 10.2 Å². The molecule has 0 aliphatic rings. The van der Waals surface area contributed by atoms with Crippen molar-refractivity contribution in [1.82, 2.24) is 0 Å². The van der Waals surface area contributed by atoms with Crippen molar-refractivity contribution in [2.24, 2.45) is 0 Å². The average Bonchev–Trinajstić information content (AvgIpc) is 2.26. The first kappa shape index (κ1) is 17.0. The van der Waals surface area contributed by atoms with E-state index in [1.54, 1.807) is 0 Å². The van der Waals surface area contributed by atoms with Crippen molar-refractivity contribution in [3.63, 3.8) is 0 Å². The minimum atomic E-state index is -0.706. The van der Waals surface area contributed by atoms with Crippen molar-refractivity contribution in [1.29, 1.82) is 0 Å². The Morgan fingerprint density at radius 3 is 1.70 bits per heavy atom. The predicted molar refractivity (Wildman–Crippen MR) is 83.8 cm³/mol. The van der Waals surface area contributed by atoms with Gasteiger partial charge in [-0.2, -0.15) is 0 Å². The van der Waals surface area contributed by atoms with Crippen molar-refractivity contribution in [3.05, 3.63) is 28.8 Å². The maximum atomic E-state index is 12.3. The number of rotatable bonds is 3. The highest BCUT2D eigenvalue weighted by molar-refractivity contribution is 5.50. The number of phenolic OH excluding ortho intramolecular Hbond substituents is 1. The van der Waals surface area contributed by atoms with E-state index in [1.807, 2.05) is 19.1 Å². The van der Waals surface area contributed by atoms with Gasteiger partial charge in [0.15, 0.2) is 0 Å². The van der Waals surface area contributed by atoms with Crippen LogP contribution in [0.15, 0.2) is 12.1 Å². The van der Waals surface area contributed by atoms with Gasteiger partial charge in [-0.1, -0.05) is 54.9 Å². The summed E-state index contributed by atoms with van der Waals surface area (Å²) in [5, 5.41) is 22.9. The minimum absolute atomic E-state index is 0.175. The van der Waals surface area contributed by atoms with Crippen LogP contribution in [0.1, 0.15) is 84.1 Å². The molecule has 0 saturated carbocycles. The lowest BCUT2D eigenvalue weighted by Crippen LogP contribution is -2.18. The summed E-state index contributed by atoms with van der Waals surface area (Å²) < 4.78 is 0. The summed E-state index contributed by atoms with van der Waals surface area (Å²) in [5.74, 6) is 0.345. The van der Waals surface area contributed by atoms with E-state index in [0.29, 0.717) is 12.2 Å². The number of hydrogen-bond donors (Lipinski definition) is 1. The zero-order valence-electron chi connectivity index (χ0n) is 14.0. The third kappa shape index (κ3) is 3.76. The molecule has 0 aliphatic heterocycles. The molecule has 2 heteroatoms. The lowest BCUT2D eigenvalue weighted by molar-refractivity contribution is 0.0802. The van der Waals surface area contributed by atoms with Crippen LogP contribution in [0.3, 0.4) is 0 Å². The molecule has 1 N–H and O–H groups in total. The van der Waals surface area contributed by atoms with Crippen LogP contribution < -0.4 is 0 Å². The molecule has 0 spiro atoms. The molecule has 1 aromatic rings. The average molecular weight is 277 g/mol. The molecule has 0 saturated heterocycles. The topological polar surface area (TPSA) is 40.1 Å². The van der Waals surface area contributed by atoms with Crippen LogP contribution in [0.2, 0.25) is 0 Å². The summed E-state index contributed by atoms with van der Waals surface area (Å²) in [6, 6.07) is 3.80. The van der Waals surface area contributed by atoms with Crippen molar-refractivity contribution >= 4 is 0 Å². The summed E-state index contributed by atoms with van der Waals surface area (Å²) in [6.07, 6.45) is 0.811. The molecule has 0 aliphatic carbocycles. The Labute approximate surface area is 123 Å². The molecule has 0 heterocycles. The van der Waals surface area contributed by atoms with Crippen LogP contribution in [0.25, 0.3) is 0 Å². The van der Waals surface area contributed by atoms with Gasteiger partial charge in [0, 0.05) is 0 Å². The quantitative estimate of drug-likeness (QED) is 0.804. The standard InChI is InChI=1S/C18H29O2/c1-8-9-15(19)12-10-13(17(2,3)4)16(20)14(11-12)18(5,6)7/h10-11,15,20H,8-9H2,1-7H3. The van der Waals surface area contributed by atoms with E-state index >= 15 is 0 Å². The highest BCUT2D eigenvalue weighted by Crippen LogP contribution is 2.41. The highest BCUT2D eigenvalue weighted by atomic mass is 16.3. The maximum absolute atomic E-state index is 12.3. The molecule has 0 fully saturated rings. The summed E-state index contributed by atoms with van der Waals surface area (Å²) in [5.41, 5.74) is 2.20. The molecule has 0 amide bonds. The van der Waals surface area contributed by atoms with Gasteiger partial charge >= 0.3 is 0 Å². The van der Waals surface area contributed by atoms with Gasteiger partial charge < -0.3 is 5.11 Å². The Kier molecular flexibility index (Phi) is 4.91. The molecule has 1 unspecified atom stereocenters. The predicted octanol–water partition coefficient (Wildman–Crippen LogP) is 5.26. The van der Waals surface area contributed by atoms with Gasteiger partial charge in [-0.15, -0.1) is 0 Å². The van der Waals surface area contributed by atoms with Crippen molar-refractivity contribution in [2.75, 3.05) is 0 Å². The fourth-order valence-corrected chi connectivity index (χ4v) is 2.41. The maximum Gasteiger partial charge on any atom is 0.123 e. The fraction of sp³-hybridized carbons (Fsp3) is 0.667. The first-order chi connectivity index (χ1) is 8.98. The van der Waals surface area contributed by atoms with Gasteiger partial charge in [-0.05, 0) is 46.1 Å². The van der Waals surface area contributed by atoms with Gasteiger partial charge in [0.05, 0.1) is 0 Å². The van der Waals surface area contributed by atoms with E-state index in [4.69, 9.17) is 0 Å². The molecular weight excluding hydrogens is 248 g/mol. The van der Waals surface area contributed by atoms with E-state index in [0.717, 1.165) is 23.1 Å². The van der Waals surface area contributed by atoms with Crippen LogP contribution in [-0.2, 0) is 15.9 Å². The van der Waals surface area contributed by atoms with E-state index in [9.17, 15) is 10.2 Å². The summed E-state index contributed by atoms with van der Waals surface area (Å²) in [4.78, 5) is 0. The normalized spacial score (nSPS) is 14.4. The van der Waals surface area contributed by atoms with Crippen LogP contribution in [0.4, 0.5) is 0 Å². The Balaban J connectivity index is 3.50. The highest BCUT2D eigenvalue weighted by Gasteiger charge is 2.27. The van der Waals surface area contributed by atoms with Crippen LogP contribution in [0.5, 0.6) is 5.75 Å². The Hall–Kier alpha value is -1.02.